The van der Waals surface area contributed by atoms with Crippen LogP contribution in [0, 0.1) is 0 Å². The number of benzene rings is 1. The third kappa shape index (κ3) is 7.75. The minimum atomic E-state index is -3.74. The molecule has 200 valence electrons. The maximum Gasteiger partial charge on any atom is 0.407 e. The lowest BCUT2D eigenvalue weighted by atomic mass is 10.1. The molecule has 0 radical (unpaired) electrons. The molecule has 1 saturated heterocycles. The standard InChI is InChI=1S/C24H30ClN4O7P/c1-3-35-37(34,36-4-2)16-21(23(31)28-10-12-29(13-11-28)24(32)33)27-22(30)20-15-18(25)14-19(26-20)17-8-6-5-7-9-17/h5-9,14-15,21H,3-4,10-13,16H2,1-2H3,(H,27,30)(H,32,33)/t21-/m0/s1. The second-order valence-corrected chi connectivity index (χ2v) is 10.7. The summed E-state index contributed by atoms with van der Waals surface area (Å²) in [5.41, 5.74) is 1.20. The van der Waals surface area contributed by atoms with Crippen molar-refractivity contribution in [1.82, 2.24) is 20.1 Å². The molecule has 2 heterocycles. The van der Waals surface area contributed by atoms with Crippen LogP contribution in [0.25, 0.3) is 11.3 Å². The van der Waals surface area contributed by atoms with Gasteiger partial charge >= 0.3 is 13.7 Å². The number of nitrogens with one attached hydrogen (secondary N) is 1. The third-order valence-corrected chi connectivity index (χ3v) is 7.95. The van der Waals surface area contributed by atoms with E-state index in [-0.39, 0.29) is 50.1 Å². The molecule has 3 rings (SSSR count). The van der Waals surface area contributed by atoms with Crippen molar-refractivity contribution in [2.24, 2.45) is 0 Å². The molecular weight excluding hydrogens is 523 g/mol. The van der Waals surface area contributed by atoms with Gasteiger partial charge in [0.05, 0.1) is 25.1 Å². The number of pyridine rings is 1. The Labute approximate surface area is 220 Å². The second-order valence-electron chi connectivity index (χ2n) is 8.17. The zero-order chi connectivity index (χ0) is 27.0. The van der Waals surface area contributed by atoms with Gasteiger partial charge in [-0.05, 0) is 26.0 Å². The zero-order valence-electron chi connectivity index (χ0n) is 20.6. The van der Waals surface area contributed by atoms with Gasteiger partial charge in [-0.25, -0.2) is 9.78 Å². The number of rotatable bonds is 10. The largest absolute Gasteiger partial charge is 0.465 e. The fraction of sp³-hybridized carbons (Fsp3) is 0.417. The van der Waals surface area contributed by atoms with E-state index in [1.165, 1.54) is 15.9 Å². The molecule has 1 atom stereocenters. The first kappa shape index (κ1) is 28.6. The van der Waals surface area contributed by atoms with Crippen LogP contribution in [0.15, 0.2) is 42.5 Å². The van der Waals surface area contributed by atoms with Crippen LogP contribution >= 0.6 is 19.2 Å². The van der Waals surface area contributed by atoms with E-state index in [1.807, 2.05) is 30.3 Å². The molecule has 3 amide bonds. The van der Waals surface area contributed by atoms with Gasteiger partial charge in [0.1, 0.15) is 11.7 Å². The van der Waals surface area contributed by atoms with Crippen LogP contribution in [-0.2, 0) is 18.4 Å². The van der Waals surface area contributed by atoms with Gasteiger partial charge in [0.2, 0.25) is 5.91 Å². The minimum Gasteiger partial charge on any atom is -0.465 e. The number of piperazine rings is 1. The first-order valence-corrected chi connectivity index (χ1v) is 13.9. The summed E-state index contributed by atoms with van der Waals surface area (Å²) < 4.78 is 24.0. The molecule has 0 saturated carbocycles. The van der Waals surface area contributed by atoms with Crippen molar-refractivity contribution in [1.29, 1.82) is 0 Å². The fourth-order valence-electron chi connectivity index (χ4n) is 3.89. The highest BCUT2D eigenvalue weighted by atomic mass is 35.5. The van der Waals surface area contributed by atoms with E-state index < -0.39 is 37.7 Å². The Kier molecular flexibility index (Phi) is 10.0. The highest BCUT2D eigenvalue weighted by Gasteiger charge is 2.37. The number of aromatic nitrogens is 1. The minimum absolute atomic E-state index is 0.0255. The molecule has 37 heavy (non-hydrogen) atoms. The van der Waals surface area contributed by atoms with Crippen LogP contribution in [0.1, 0.15) is 24.3 Å². The van der Waals surface area contributed by atoms with Gasteiger partial charge in [0.25, 0.3) is 5.91 Å². The smallest absolute Gasteiger partial charge is 0.407 e. The Morgan fingerprint density at radius 1 is 1.05 bits per heavy atom. The number of amides is 3. The van der Waals surface area contributed by atoms with Crippen LogP contribution in [0.5, 0.6) is 0 Å². The summed E-state index contributed by atoms with van der Waals surface area (Å²) in [4.78, 5) is 45.0. The first-order valence-electron chi connectivity index (χ1n) is 11.8. The lowest BCUT2D eigenvalue weighted by Gasteiger charge is -2.35. The molecule has 11 nitrogen and oxygen atoms in total. The summed E-state index contributed by atoms with van der Waals surface area (Å²) in [5.74, 6) is -1.22. The third-order valence-electron chi connectivity index (χ3n) is 5.62. The molecule has 1 aromatic carbocycles. The molecule has 0 bridgehead atoms. The predicted molar refractivity (Wildman–Crippen MR) is 138 cm³/mol. The van der Waals surface area contributed by atoms with Gasteiger partial charge in [0, 0.05) is 36.8 Å². The average molecular weight is 553 g/mol. The molecule has 1 aromatic heterocycles. The quantitative estimate of drug-likeness (QED) is 0.426. The molecule has 2 aromatic rings. The molecule has 1 aliphatic rings. The lowest BCUT2D eigenvalue weighted by Crippen LogP contribution is -2.56. The molecule has 2 N–H and O–H groups in total. The summed E-state index contributed by atoms with van der Waals surface area (Å²) in [6.45, 7) is 3.94. The lowest BCUT2D eigenvalue weighted by molar-refractivity contribution is -0.134. The first-order chi connectivity index (χ1) is 17.7. The van der Waals surface area contributed by atoms with E-state index in [9.17, 15) is 24.1 Å². The van der Waals surface area contributed by atoms with Crippen LogP contribution < -0.4 is 5.32 Å². The maximum atomic E-state index is 13.4. The van der Waals surface area contributed by atoms with Gasteiger partial charge in [-0.2, -0.15) is 0 Å². The molecule has 0 spiro atoms. The summed E-state index contributed by atoms with van der Waals surface area (Å²) in [5, 5.41) is 12.1. The highest BCUT2D eigenvalue weighted by molar-refractivity contribution is 7.54. The van der Waals surface area contributed by atoms with E-state index in [2.05, 4.69) is 10.3 Å². The number of carbonyl (C=O) groups excluding carboxylic acids is 2. The highest BCUT2D eigenvalue weighted by Crippen LogP contribution is 2.48. The summed E-state index contributed by atoms with van der Waals surface area (Å²) in [6, 6.07) is 10.9. The van der Waals surface area contributed by atoms with Crippen molar-refractivity contribution in [2.75, 3.05) is 45.6 Å². The molecular formula is C24H30ClN4O7P. The second kappa shape index (κ2) is 13.0. The van der Waals surface area contributed by atoms with Crippen molar-refractivity contribution in [3.8, 4) is 11.3 Å². The fourth-order valence-corrected chi connectivity index (χ4v) is 5.86. The molecule has 1 aliphatic heterocycles. The summed E-state index contributed by atoms with van der Waals surface area (Å²) >= 11 is 6.26. The monoisotopic (exact) mass is 552 g/mol. The van der Waals surface area contributed by atoms with Gasteiger partial charge in [0.15, 0.2) is 0 Å². The zero-order valence-corrected chi connectivity index (χ0v) is 22.3. The maximum absolute atomic E-state index is 13.4. The number of hydrogen-bond acceptors (Lipinski definition) is 7. The van der Waals surface area contributed by atoms with Crippen molar-refractivity contribution in [3.63, 3.8) is 0 Å². The van der Waals surface area contributed by atoms with Crippen molar-refractivity contribution >= 4 is 37.1 Å². The van der Waals surface area contributed by atoms with Crippen LogP contribution in [-0.4, -0.2) is 89.4 Å². The van der Waals surface area contributed by atoms with Crippen molar-refractivity contribution in [2.45, 2.75) is 19.9 Å². The molecule has 1 fully saturated rings. The van der Waals surface area contributed by atoms with E-state index in [1.54, 1.807) is 19.9 Å². The Bertz CT molecular complexity index is 1150. The average Bonchev–Trinajstić information content (AvgIpc) is 2.88. The van der Waals surface area contributed by atoms with Crippen LogP contribution in [0.3, 0.4) is 0 Å². The Morgan fingerprint density at radius 2 is 1.65 bits per heavy atom. The Morgan fingerprint density at radius 3 is 2.22 bits per heavy atom. The van der Waals surface area contributed by atoms with Crippen molar-refractivity contribution in [3.05, 3.63) is 53.2 Å². The predicted octanol–water partition coefficient (Wildman–Crippen LogP) is 3.59. The van der Waals surface area contributed by atoms with E-state index in [0.29, 0.717) is 5.69 Å². The topological polar surface area (TPSA) is 138 Å². The van der Waals surface area contributed by atoms with Gasteiger partial charge in [-0.15, -0.1) is 0 Å². The number of halogens is 1. The van der Waals surface area contributed by atoms with Gasteiger partial charge < -0.3 is 29.3 Å². The molecule has 13 heteroatoms. The molecule has 0 aliphatic carbocycles. The van der Waals surface area contributed by atoms with Gasteiger partial charge in [-0.3, -0.25) is 14.2 Å². The SMILES string of the molecule is CCOP(=O)(C[C@H](NC(=O)c1cc(Cl)cc(-c2ccccc2)n1)C(=O)N1CCN(C(=O)O)CC1)OCC. The van der Waals surface area contributed by atoms with Crippen LogP contribution in [0.2, 0.25) is 5.02 Å². The Balaban J connectivity index is 1.86. The number of carbonyl (C=O) groups is 3. The number of hydrogen-bond donors (Lipinski definition) is 2. The van der Waals surface area contributed by atoms with E-state index in [0.717, 1.165) is 5.56 Å². The van der Waals surface area contributed by atoms with Gasteiger partial charge in [-0.1, -0.05) is 41.9 Å². The normalized spacial score (nSPS) is 14.8. The Hall–Kier alpha value is -2.98. The van der Waals surface area contributed by atoms with E-state index >= 15 is 0 Å². The van der Waals surface area contributed by atoms with E-state index in [4.69, 9.17) is 20.6 Å². The van der Waals surface area contributed by atoms with Crippen molar-refractivity contribution < 1.29 is 33.1 Å². The summed E-state index contributed by atoms with van der Waals surface area (Å²) in [7, 11) is -3.74. The number of nitrogens with zero attached hydrogens (tertiary/aromatic N) is 3. The van der Waals surface area contributed by atoms with Crippen LogP contribution in [0.4, 0.5) is 4.79 Å². The molecule has 0 unspecified atom stereocenters. The summed E-state index contributed by atoms with van der Waals surface area (Å²) in [6.07, 6.45) is -1.47. The number of carboxylic acid groups (broad SMARTS) is 1.